The number of ether oxygens (including phenoxy) is 1. The minimum Gasteiger partial charge on any atom is -0.484 e. The van der Waals surface area contributed by atoms with Crippen molar-refractivity contribution in [2.24, 2.45) is 0 Å². The van der Waals surface area contributed by atoms with Crippen molar-refractivity contribution in [1.29, 1.82) is 0 Å². The Labute approximate surface area is 133 Å². The molecule has 7 heteroatoms. The summed E-state index contributed by atoms with van der Waals surface area (Å²) >= 11 is 5.60. The molecule has 1 rings (SSSR count). The van der Waals surface area contributed by atoms with Gasteiger partial charge in [0.25, 0.3) is 5.91 Å². The van der Waals surface area contributed by atoms with Gasteiger partial charge in [0, 0.05) is 19.0 Å². The second kappa shape index (κ2) is 10.00. The van der Waals surface area contributed by atoms with E-state index in [1.54, 1.807) is 0 Å². The van der Waals surface area contributed by atoms with Crippen molar-refractivity contribution in [2.75, 3.05) is 13.2 Å². The molecule has 122 valence electrons. The van der Waals surface area contributed by atoms with Gasteiger partial charge in [-0.05, 0) is 25.0 Å². The lowest BCUT2D eigenvalue weighted by Crippen LogP contribution is -2.29. The van der Waals surface area contributed by atoms with E-state index in [1.807, 2.05) is 0 Å². The van der Waals surface area contributed by atoms with Gasteiger partial charge < -0.3 is 15.2 Å². The number of rotatable bonds is 10. The first kappa shape index (κ1) is 18.2. The molecule has 0 atom stereocenters. The highest BCUT2D eigenvalue weighted by Crippen LogP contribution is 2.20. The second-order valence-electron chi connectivity index (χ2n) is 4.77. The fourth-order valence-electron chi connectivity index (χ4n) is 1.75. The van der Waals surface area contributed by atoms with Gasteiger partial charge in [-0.25, -0.2) is 4.39 Å². The fraction of sp³-hybridized carbons (Fsp3) is 0.467. The molecule has 0 heterocycles. The van der Waals surface area contributed by atoms with Crippen molar-refractivity contribution in [3.8, 4) is 5.75 Å². The van der Waals surface area contributed by atoms with Gasteiger partial charge in [0.05, 0.1) is 5.02 Å². The van der Waals surface area contributed by atoms with E-state index in [0.717, 1.165) is 19.3 Å². The Bertz CT molecular complexity index is 510. The monoisotopic (exact) mass is 331 g/mol. The topological polar surface area (TPSA) is 75.6 Å². The van der Waals surface area contributed by atoms with E-state index < -0.39 is 11.8 Å². The van der Waals surface area contributed by atoms with Crippen molar-refractivity contribution in [3.63, 3.8) is 0 Å². The third-order valence-corrected chi connectivity index (χ3v) is 3.19. The maximum Gasteiger partial charge on any atom is 0.303 e. The number of nitrogens with one attached hydrogen (secondary N) is 1. The number of unbranched alkanes of at least 4 members (excludes halogenated alkanes) is 3. The molecule has 1 aromatic rings. The van der Waals surface area contributed by atoms with Gasteiger partial charge >= 0.3 is 5.97 Å². The minimum atomic E-state index is -0.786. The van der Waals surface area contributed by atoms with Crippen LogP contribution in [-0.2, 0) is 9.59 Å². The zero-order valence-electron chi connectivity index (χ0n) is 12.1. The molecule has 0 radical (unpaired) electrons. The van der Waals surface area contributed by atoms with Gasteiger partial charge in [0.2, 0.25) is 0 Å². The van der Waals surface area contributed by atoms with Crippen LogP contribution in [0.5, 0.6) is 5.75 Å². The number of carbonyl (C=O) groups excluding carboxylic acids is 1. The summed E-state index contributed by atoms with van der Waals surface area (Å²) in [7, 11) is 0. The Morgan fingerprint density at radius 3 is 2.64 bits per heavy atom. The Balaban J connectivity index is 2.08. The highest BCUT2D eigenvalue weighted by molar-refractivity contribution is 6.30. The maximum absolute atomic E-state index is 12.9. The highest BCUT2D eigenvalue weighted by Gasteiger charge is 2.05. The van der Waals surface area contributed by atoms with Crippen LogP contribution in [-0.4, -0.2) is 30.1 Å². The number of benzene rings is 1. The second-order valence-corrected chi connectivity index (χ2v) is 5.18. The standard InChI is InChI=1S/C15H19ClFNO4/c16-12-9-11(6-7-13(12)17)22-10-14(19)18-8-4-2-1-3-5-15(20)21/h6-7,9H,1-5,8,10H2,(H,18,19)(H,20,21). The summed E-state index contributed by atoms with van der Waals surface area (Å²) in [6.07, 6.45) is 3.31. The van der Waals surface area contributed by atoms with Crippen LogP contribution in [0, 0.1) is 5.82 Å². The summed E-state index contributed by atoms with van der Waals surface area (Å²) in [5.41, 5.74) is 0. The normalized spacial score (nSPS) is 10.3. The number of amides is 1. The number of carboxylic acid groups (broad SMARTS) is 1. The fourth-order valence-corrected chi connectivity index (χ4v) is 1.92. The van der Waals surface area contributed by atoms with Crippen LogP contribution in [0.4, 0.5) is 4.39 Å². The molecule has 0 spiro atoms. The first-order valence-corrected chi connectivity index (χ1v) is 7.43. The average molecular weight is 332 g/mol. The van der Waals surface area contributed by atoms with E-state index in [-0.39, 0.29) is 24.0 Å². The van der Waals surface area contributed by atoms with Gasteiger partial charge in [-0.2, -0.15) is 0 Å². The quantitative estimate of drug-likeness (QED) is 0.646. The molecule has 0 aliphatic rings. The molecule has 0 saturated carbocycles. The van der Waals surface area contributed by atoms with Crippen molar-refractivity contribution >= 4 is 23.5 Å². The van der Waals surface area contributed by atoms with Gasteiger partial charge in [-0.15, -0.1) is 0 Å². The Morgan fingerprint density at radius 1 is 1.23 bits per heavy atom. The van der Waals surface area contributed by atoms with E-state index in [4.69, 9.17) is 21.4 Å². The van der Waals surface area contributed by atoms with E-state index >= 15 is 0 Å². The summed E-state index contributed by atoms with van der Waals surface area (Å²) in [4.78, 5) is 21.8. The molecular weight excluding hydrogens is 313 g/mol. The van der Waals surface area contributed by atoms with Crippen LogP contribution in [0.1, 0.15) is 32.1 Å². The Hall–Kier alpha value is -1.82. The Morgan fingerprint density at radius 2 is 1.95 bits per heavy atom. The van der Waals surface area contributed by atoms with Gasteiger partial charge in [0.15, 0.2) is 6.61 Å². The molecule has 0 aromatic heterocycles. The summed E-state index contributed by atoms with van der Waals surface area (Å²) in [5.74, 6) is -1.27. The smallest absolute Gasteiger partial charge is 0.303 e. The van der Waals surface area contributed by atoms with Crippen molar-refractivity contribution < 1.29 is 23.8 Å². The molecule has 0 fully saturated rings. The van der Waals surface area contributed by atoms with Gasteiger partial charge in [0.1, 0.15) is 11.6 Å². The SMILES string of the molecule is O=C(O)CCCCCCNC(=O)COc1ccc(F)c(Cl)c1. The predicted octanol–water partition coefficient (Wildman–Crippen LogP) is 3.01. The van der Waals surface area contributed by atoms with Crippen molar-refractivity contribution in [1.82, 2.24) is 5.32 Å². The molecule has 0 aliphatic heterocycles. The van der Waals surface area contributed by atoms with Crippen molar-refractivity contribution in [2.45, 2.75) is 32.1 Å². The van der Waals surface area contributed by atoms with Crippen LogP contribution in [0.25, 0.3) is 0 Å². The molecular formula is C15H19ClFNO4. The van der Waals surface area contributed by atoms with Gasteiger partial charge in [-0.1, -0.05) is 24.4 Å². The molecule has 1 amide bonds. The summed E-state index contributed by atoms with van der Waals surface area (Å²) in [6, 6.07) is 3.89. The lowest BCUT2D eigenvalue weighted by molar-refractivity contribution is -0.137. The number of aliphatic carboxylic acids is 1. The summed E-state index contributed by atoms with van der Waals surface area (Å²) in [6.45, 7) is 0.348. The predicted molar refractivity (Wildman–Crippen MR) is 80.6 cm³/mol. The molecule has 0 bridgehead atoms. The molecule has 5 nitrogen and oxygen atoms in total. The highest BCUT2D eigenvalue weighted by atomic mass is 35.5. The number of halogens is 2. The third kappa shape index (κ3) is 7.83. The molecule has 2 N–H and O–H groups in total. The summed E-state index contributed by atoms with van der Waals surface area (Å²) in [5, 5.41) is 11.1. The average Bonchev–Trinajstić information content (AvgIpc) is 2.47. The van der Waals surface area contributed by atoms with Crippen molar-refractivity contribution in [3.05, 3.63) is 29.0 Å². The molecule has 0 saturated heterocycles. The number of hydrogen-bond donors (Lipinski definition) is 2. The number of carbonyl (C=O) groups is 2. The van der Waals surface area contributed by atoms with E-state index in [0.29, 0.717) is 18.7 Å². The van der Waals surface area contributed by atoms with Gasteiger partial charge in [-0.3, -0.25) is 9.59 Å². The van der Waals surface area contributed by atoms with Crippen LogP contribution in [0.15, 0.2) is 18.2 Å². The summed E-state index contributed by atoms with van der Waals surface area (Å²) < 4.78 is 18.1. The van der Waals surface area contributed by atoms with Crippen LogP contribution >= 0.6 is 11.6 Å². The van der Waals surface area contributed by atoms with Crippen LogP contribution in [0.3, 0.4) is 0 Å². The van der Waals surface area contributed by atoms with Crippen LogP contribution < -0.4 is 10.1 Å². The zero-order chi connectivity index (χ0) is 16.4. The zero-order valence-corrected chi connectivity index (χ0v) is 12.9. The molecule has 1 aromatic carbocycles. The maximum atomic E-state index is 12.9. The number of carboxylic acids is 1. The third-order valence-electron chi connectivity index (χ3n) is 2.90. The molecule has 0 aliphatic carbocycles. The van der Waals surface area contributed by atoms with E-state index in [9.17, 15) is 14.0 Å². The lowest BCUT2D eigenvalue weighted by Gasteiger charge is -2.08. The van der Waals surface area contributed by atoms with E-state index in [1.165, 1.54) is 18.2 Å². The van der Waals surface area contributed by atoms with Crippen LogP contribution in [0.2, 0.25) is 5.02 Å². The Kier molecular flexibility index (Phi) is 8.28. The largest absolute Gasteiger partial charge is 0.484 e. The first-order valence-electron chi connectivity index (χ1n) is 7.05. The van der Waals surface area contributed by atoms with E-state index in [2.05, 4.69) is 5.32 Å². The minimum absolute atomic E-state index is 0.0562. The molecule has 22 heavy (non-hydrogen) atoms. The first-order chi connectivity index (χ1) is 10.5. The number of hydrogen-bond acceptors (Lipinski definition) is 3. The molecule has 0 unspecified atom stereocenters. The lowest BCUT2D eigenvalue weighted by atomic mass is 10.1.